The zero-order chi connectivity index (χ0) is 23.0. The van der Waals surface area contributed by atoms with Crippen LogP contribution in [-0.2, 0) is 5.41 Å². The van der Waals surface area contributed by atoms with Gasteiger partial charge < -0.3 is 11.1 Å². The summed E-state index contributed by atoms with van der Waals surface area (Å²) in [5, 5.41) is 15.2. The zero-order valence-electron chi connectivity index (χ0n) is 19.3. The summed E-state index contributed by atoms with van der Waals surface area (Å²) in [6, 6.07) is 23.5. The van der Waals surface area contributed by atoms with Gasteiger partial charge in [0.15, 0.2) is 0 Å². The van der Waals surface area contributed by atoms with Crippen molar-refractivity contribution in [1.82, 2.24) is 25.7 Å². The minimum atomic E-state index is 0.231. The minimum Gasteiger partial charge on any atom is -0.384 e. The average Bonchev–Trinajstić information content (AvgIpc) is 3.37. The summed E-state index contributed by atoms with van der Waals surface area (Å²) in [7, 11) is 0. The fraction of sp³-hybridized carbons (Fsp3) is 0.321. The molecule has 6 heteroatoms. The van der Waals surface area contributed by atoms with Gasteiger partial charge in [0.1, 0.15) is 11.3 Å². The number of pyridine rings is 1. The standard InChI is InChI=1S/C28H30N6/c29-24-19-23(25-26(31-24)33-34-32-25)22(20-7-3-1-4-8-20)11-18-30-28-15-12-27(13-16-28,14-17-28)21-9-5-2-6-10-21/h1-11,19,30H,12-18H2,(H3,29,31,32,33,34)/b22-11-. The number of nitrogens with one attached hydrogen (secondary N) is 2. The Morgan fingerprint density at radius 2 is 1.59 bits per heavy atom. The van der Waals surface area contributed by atoms with E-state index in [4.69, 9.17) is 5.73 Å². The third kappa shape index (κ3) is 3.68. The highest BCUT2D eigenvalue weighted by atomic mass is 15.3. The Hall–Kier alpha value is -3.51. The van der Waals surface area contributed by atoms with Crippen molar-refractivity contribution in [3.8, 4) is 0 Å². The van der Waals surface area contributed by atoms with Gasteiger partial charge in [-0.2, -0.15) is 10.3 Å². The van der Waals surface area contributed by atoms with Gasteiger partial charge in [-0.05, 0) is 66.7 Å². The van der Waals surface area contributed by atoms with Crippen LogP contribution in [0.15, 0.2) is 72.8 Å². The third-order valence-corrected chi connectivity index (χ3v) is 8.10. The quantitative estimate of drug-likeness (QED) is 0.384. The maximum atomic E-state index is 6.12. The van der Waals surface area contributed by atoms with Crippen molar-refractivity contribution < 1.29 is 0 Å². The fourth-order valence-corrected chi connectivity index (χ4v) is 6.11. The number of benzene rings is 2. The van der Waals surface area contributed by atoms with Crippen LogP contribution in [0.4, 0.5) is 5.82 Å². The first-order valence-corrected chi connectivity index (χ1v) is 12.2. The van der Waals surface area contributed by atoms with E-state index >= 15 is 0 Å². The maximum Gasteiger partial charge on any atom is 0.204 e. The third-order valence-electron chi connectivity index (χ3n) is 8.10. The van der Waals surface area contributed by atoms with Gasteiger partial charge in [0, 0.05) is 17.6 Å². The number of anilines is 1. The summed E-state index contributed by atoms with van der Waals surface area (Å²) in [4.78, 5) is 4.32. The Bertz CT molecular complexity index is 1300. The molecule has 172 valence electrons. The molecule has 7 rings (SSSR count). The molecule has 6 nitrogen and oxygen atoms in total. The minimum absolute atomic E-state index is 0.231. The Kier molecular flexibility index (Phi) is 5.18. The van der Waals surface area contributed by atoms with Gasteiger partial charge in [0.2, 0.25) is 5.65 Å². The molecule has 4 aromatic rings. The van der Waals surface area contributed by atoms with Crippen LogP contribution in [-0.4, -0.2) is 32.5 Å². The predicted octanol–water partition coefficient (Wildman–Crippen LogP) is 5.00. The van der Waals surface area contributed by atoms with Gasteiger partial charge in [-0.25, -0.2) is 4.98 Å². The normalized spacial score (nSPS) is 24.5. The summed E-state index contributed by atoms with van der Waals surface area (Å²) < 4.78 is 0. The van der Waals surface area contributed by atoms with Gasteiger partial charge in [0.25, 0.3) is 0 Å². The van der Waals surface area contributed by atoms with Gasteiger partial charge >= 0.3 is 0 Å². The highest BCUT2D eigenvalue weighted by molar-refractivity contribution is 5.93. The molecule has 34 heavy (non-hydrogen) atoms. The average molecular weight is 451 g/mol. The molecule has 0 atom stereocenters. The van der Waals surface area contributed by atoms with E-state index in [-0.39, 0.29) is 5.54 Å². The molecule has 2 heterocycles. The van der Waals surface area contributed by atoms with E-state index in [0.717, 1.165) is 28.8 Å². The molecule has 3 saturated carbocycles. The summed E-state index contributed by atoms with van der Waals surface area (Å²) in [5.41, 5.74) is 12.7. The SMILES string of the molecule is Nc1cc(/C(=C\CNC23CCC(c4ccccc4)(CC2)CC3)c2ccccc2)c2n[nH]nc2n1. The van der Waals surface area contributed by atoms with Gasteiger partial charge in [0.05, 0.1) is 0 Å². The van der Waals surface area contributed by atoms with Crippen molar-refractivity contribution >= 4 is 22.6 Å². The first kappa shape index (κ1) is 21.1. The summed E-state index contributed by atoms with van der Waals surface area (Å²) in [6.45, 7) is 0.796. The van der Waals surface area contributed by atoms with Crippen molar-refractivity contribution in [2.24, 2.45) is 0 Å². The summed E-state index contributed by atoms with van der Waals surface area (Å²) in [5.74, 6) is 0.446. The first-order valence-electron chi connectivity index (χ1n) is 12.2. The molecule has 0 amide bonds. The van der Waals surface area contributed by atoms with E-state index in [1.54, 1.807) is 0 Å². The van der Waals surface area contributed by atoms with E-state index in [2.05, 4.69) is 86.4 Å². The van der Waals surface area contributed by atoms with E-state index < -0.39 is 0 Å². The van der Waals surface area contributed by atoms with Crippen molar-refractivity contribution in [2.45, 2.75) is 49.5 Å². The van der Waals surface area contributed by atoms with Crippen molar-refractivity contribution in [1.29, 1.82) is 0 Å². The number of aromatic nitrogens is 4. The Morgan fingerprint density at radius 3 is 2.29 bits per heavy atom. The maximum absolute atomic E-state index is 6.12. The first-order chi connectivity index (χ1) is 16.7. The smallest absolute Gasteiger partial charge is 0.204 e. The second-order valence-corrected chi connectivity index (χ2v) is 9.88. The van der Waals surface area contributed by atoms with Crippen molar-refractivity contribution in [2.75, 3.05) is 12.3 Å². The summed E-state index contributed by atoms with van der Waals surface area (Å²) >= 11 is 0. The number of aromatic amines is 1. The summed E-state index contributed by atoms with van der Waals surface area (Å²) in [6.07, 6.45) is 9.75. The Balaban J connectivity index is 1.26. The second-order valence-electron chi connectivity index (χ2n) is 9.88. The fourth-order valence-electron chi connectivity index (χ4n) is 6.11. The van der Waals surface area contributed by atoms with E-state index in [1.807, 2.05) is 12.1 Å². The van der Waals surface area contributed by atoms with Crippen LogP contribution in [0, 0.1) is 0 Å². The lowest BCUT2D eigenvalue weighted by Gasteiger charge is -2.54. The number of rotatable bonds is 6. The van der Waals surface area contributed by atoms with Crippen LogP contribution in [0.5, 0.6) is 0 Å². The molecule has 2 bridgehead atoms. The molecule has 0 aliphatic heterocycles. The highest BCUT2D eigenvalue weighted by Gasteiger charge is 2.48. The van der Waals surface area contributed by atoms with Crippen LogP contribution < -0.4 is 11.1 Å². The Morgan fingerprint density at radius 1 is 0.912 bits per heavy atom. The number of hydrogen-bond acceptors (Lipinski definition) is 5. The van der Waals surface area contributed by atoms with E-state index in [1.165, 1.54) is 44.1 Å². The van der Waals surface area contributed by atoms with Crippen LogP contribution >= 0.6 is 0 Å². The molecule has 0 spiro atoms. The van der Waals surface area contributed by atoms with Crippen LogP contribution in [0.2, 0.25) is 0 Å². The number of nitrogen functional groups attached to an aromatic ring is 1. The Labute approximate surface area is 199 Å². The zero-order valence-corrected chi connectivity index (χ0v) is 19.3. The number of H-pyrrole nitrogens is 1. The van der Waals surface area contributed by atoms with Crippen LogP contribution in [0.25, 0.3) is 16.7 Å². The van der Waals surface area contributed by atoms with Gasteiger partial charge in [-0.15, -0.1) is 5.10 Å². The number of nitrogens with two attached hydrogens (primary N) is 1. The molecule has 4 N–H and O–H groups in total. The lowest BCUT2D eigenvalue weighted by molar-refractivity contribution is 0.0802. The number of nitrogens with zero attached hydrogens (tertiary/aromatic N) is 3. The van der Waals surface area contributed by atoms with Crippen molar-refractivity contribution in [3.05, 3.63) is 89.5 Å². The molecule has 0 saturated heterocycles. The molecule has 0 unspecified atom stereocenters. The molecular weight excluding hydrogens is 420 g/mol. The number of fused-ring (bicyclic) bond motifs is 4. The molecule has 2 aromatic heterocycles. The molecule has 3 aliphatic rings. The molecule has 0 radical (unpaired) electrons. The molecular formula is C28H30N6. The highest BCUT2D eigenvalue weighted by Crippen LogP contribution is 2.53. The van der Waals surface area contributed by atoms with Crippen LogP contribution in [0.3, 0.4) is 0 Å². The van der Waals surface area contributed by atoms with Gasteiger partial charge in [-0.3, -0.25) is 0 Å². The predicted molar refractivity (Wildman–Crippen MR) is 136 cm³/mol. The van der Waals surface area contributed by atoms with E-state index in [0.29, 0.717) is 16.9 Å². The van der Waals surface area contributed by atoms with Crippen LogP contribution in [0.1, 0.15) is 55.2 Å². The topological polar surface area (TPSA) is 92.5 Å². The monoisotopic (exact) mass is 450 g/mol. The number of hydrogen-bond donors (Lipinski definition) is 3. The molecule has 2 aromatic carbocycles. The molecule has 3 aliphatic carbocycles. The van der Waals surface area contributed by atoms with Gasteiger partial charge in [-0.1, -0.05) is 66.7 Å². The largest absolute Gasteiger partial charge is 0.384 e. The van der Waals surface area contributed by atoms with E-state index in [9.17, 15) is 0 Å². The lowest BCUT2D eigenvalue weighted by Crippen LogP contribution is -2.56. The van der Waals surface area contributed by atoms with Crippen molar-refractivity contribution in [3.63, 3.8) is 0 Å². The lowest BCUT2D eigenvalue weighted by atomic mass is 9.55. The molecule has 3 fully saturated rings. The second kappa shape index (κ2) is 8.37.